The first-order valence-electron chi connectivity index (χ1n) is 9.48. The highest BCUT2D eigenvalue weighted by Gasteiger charge is 2.46. The number of ether oxygens (including phenoxy) is 1. The molecule has 0 bridgehead atoms. The zero-order valence-electron chi connectivity index (χ0n) is 16.4. The molecule has 1 aliphatic heterocycles. The lowest BCUT2D eigenvalue weighted by molar-refractivity contribution is -0.140. The smallest absolute Gasteiger partial charge is 0.296 e. The third kappa shape index (κ3) is 3.55. The molecule has 6 heteroatoms. The van der Waals surface area contributed by atoms with Crippen molar-refractivity contribution in [2.24, 2.45) is 0 Å². The number of hydrogen-bond acceptors (Lipinski definition) is 5. The molecule has 1 amide bonds. The minimum atomic E-state index is -0.794. The summed E-state index contributed by atoms with van der Waals surface area (Å²) in [5, 5.41) is 10.9. The predicted molar refractivity (Wildman–Crippen MR) is 112 cm³/mol. The number of pyridine rings is 1. The number of aliphatic hydroxyl groups excluding tert-OH is 1. The molecule has 0 radical (unpaired) electrons. The van der Waals surface area contributed by atoms with Crippen LogP contribution in [0.15, 0.2) is 84.6 Å². The zero-order valence-corrected chi connectivity index (χ0v) is 16.4. The number of likely N-dealkylation sites (tertiary alicyclic amines) is 1. The molecule has 1 aromatic heterocycles. The van der Waals surface area contributed by atoms with E-state index >= 15 is 0 Å². The average molecular weight is 400 g/mol. The van der Waals surface area contributed by atoms with Crippen molar-refractivity contribution in [3.8, 4) is 5.75 Å². The summed E-state index contributed by atoms with van der Waals surface area (Å²) in [5.74, 6) is -0.957. The summed E-state index contributed by atoms with van der Waals surface area (Å²) in [5.41, 5.74) is 1.82. The van der Waals surface area contributed by atoms with Gasteiger partial charge in [0, 0.05) is 18.3 Å². The highest BCUT2D eigenvalue weighted by molar-refractivity contribution is 6.46. The lowest BCUT2D eigenvalue weighted by atomic mass is 9.98. The number of ketones is 1. The van der Waals surface area contributed by atoms with E-state index in [9.17, 15) is 14.7 Å². The van der Waals surface area contributed by atoms with Crippen molar-refractivity contribution in [2.75, 3.05) is 7.11 Å². The topological polar surface area (TPSA) is 79.7 Å². The van der Waals surface area contributed by atoms with Crippen molar-refractivity contribution in [1.29, 1.82) is 0 Å². The summed E-state index contributed by atoms with van der Waals surface area (Å²) >= 11 is 0. The largest absolute Gasteiger partial charge is 0.507 e. The van der Waals surface area contributed by atoms with Gasteiger partial charge in [0.25, 0.3) is 11.7 Å². The van der Waals surface area contributed by atoms with E-state index < -0.39 is 17.7 Å². The lowest BCUT2D eigenvalue weighted by Gasteiger charge is -2.24. The molecule has 150 valence electrons. The molecule has 1 atom stereocenters. The summed E-state index contributed by atoms with van der Waals surface area (Å²) in [6.45, 7) is 0.175. The molecule has 1 unspecified atom stereocenters. The number of rotatable bonds is 5. The van der Waals surface area contributed by atoms with Crippen LogP contribution in [0.1, 0.15) is 22.9 Å². The molecule has 30 heavy (non-hydrogen) atoms. The number of nitrogens with zero attached hydrogens (tertiary/aromatic N) is 2. The van der Waals surface area contributed by atoms with Crippen LogP contribution in [0, 0.1) is 0 Å². The van der Waals surface area contributed by atoms with E-state index in [1.54, 1.807) is 55.8 Å². The van der Waals surface area contributed by atoms with Crippen LogP contribution >= 0.6 is 0 Å². The van der Waals surface area contributed by atoms with Gasteiger partial charge in [-0.2, -0.15) is 0 Å². The summed E-state index contributed by atoms with van der Waals surface area (Å²) in [6, 6.07) is 20.5. The number of Topliss-reactive ketones (excluding diaryl/α,β-unsaturated/α-hetero) is 1. The van der Waals surface area contributed by atoms with Gasteiger partial charge >= 0.3 is 0 Å². The van der Waals surface area contributed by atoms with Crippen LogP contribution < -0.4 is 4.74 Å². The van der Waals surface area contributed by atoms with Gasteiger partial charge in [-0.3, -0.25) is 14.6 Å². The molecule has 0 spiro atoms. The number of aliphatic hydroxyl groups is 1. The van der Waals surface area contributed by atoms with Crippen LogP contribution in [0.2, 0.25) is 0 Å². The Kier molecular flexibility index (Phi) is 5.30. The Morgan fingerprint density at radius 2 is 1.80 bits per heavy atom. The monoisotopic (exact) mass is 400 g/mol. The van der Waals surface area contributed by atoms with E-state index in [0.29, 0.717) is 17.0 Å². The second-order valence-electron chi connectivity index (χ2n) is 6.90. The second-order valence-corrected chi connectivity index (χ2v) is 6.90. The quantitative estimate of drug-likeness (QED) is 0.401. The van der Waals surface area contributed by atoms with E-state index in [0.717, 1.165) is 5.56 Å². The maximum atomic E-state index is 13.0. The number of methoxy groups -OCH3 is 1. The molecular formula is C24H20N2O4. The first-order valence-corrected chi connectivity index (χ1v) is 9.48. The Bertz CT molecular complexity index is 1110. The second kappa shape index (κ2) is 8.21. The molecule has 2 aromatic carbocycles. The van der Waals surface area contributed by atoms with Gasteiger partial charge in [0.15, 0.2) is 0 Å². The number of amides is 1. The van der Waals surface area contributed by atoms with Crippen LogP contribution in [0.25, 0.3) is 5.76 Å². The highest BCUT2D eigenvalue weighted by Crippen LogP contribution is 2.39. The van der Waals surface area contributed by atoms with E-state index in [1.807, 2.05) is 30.3 Å². The Labute approximate surface area is 174 Å². The van der Waals surface area contributed by atoms with E-state index in [4.69, 9.17) is 4.74 Å². The van der Waals surface area contributed by atoms with E-state index in [-0.39, 0.29) is 17.9 Å². The molecule has 1 saturated heterocycles. The Morgan fingerprint density at radius 1 is 1.03 bits per heavy atom. The predicted octanol–water partition coefficient (Wildman–Crippen LogP) is 3.71. The molecule has 4 rings (SSSR count). The number of carbonyl (C=O) groups excluding carboxylic acids is 2. The number of aromatic nitrogens is 1. The lowest BCUT2D eigenvalue weighted by Crippen LogP contribution is -2.29. The third-order valence-electron chi connectivity index (χ3n) is 5.04. The van der Waals surface area contributed by atoms with Crippen LogP contribution in [-0.4, -0.2) is 33.8 Å². The van der Waals surface area contributed by atoms with Gasteiger partial charge in [0.2, 0.25) is 0 Å². The standard InChI is InChI=1S/C24H20N2O4/c1-30-18-11-7-8-16(14-18)15-26-21(19-12-5-6-13-25-19)20(23(28)24(26)29)22(27)17-9-3-2-4-10-17/h2-14,21,27H,15H2,1H3/b22-20-. The van der Waals surface area contributed by atoms with E-state index in [2.05, 4.69) is 4.98 Å². The Morgan fingerprint density at radius 3 is 2.50 bits per heavy atom. The molecule has 0 aliphatic carbocycles. The van der Waals surface area contributed by atoms with Gasteiger partial charge in [-0.05, 0) is 29.8 Å². The van der Waals surface area contributed by atoms with Gasteiger partial charge in [0.05, 0.1) is 18.4 Å². The molecular weight excluding hydrogens is 380 g/mol. The van der Waals surface area contributed by atoms with Crippen molar-refractivity contribution < 1.29 is 19.4 Å². The highest BCUT2D eigenvalue weighted by atomic mass is 16.5. The molecule has 1 N–H and O–H groups in total. The Balaban J connectivity index is 1.83. The molecule has 2 heterocycles. The van der Waals surface area contributed by atoms with Crippen LogP contribution in [0.4, 0.5) is 0 Å². The normalized spacial score (nSPS) is 17.9. The van der Waals surface area contributed by atoms with Crippen molar-refractivity contribution >= 4 is 17.4 Å². The van der Waals surface area contributed by atoms with Gasteiger partial charge in [0.1, 0.15) is 17.6 Å². The molecule has 1 aliphatic rings. The average Bonchev–Trinajstić information content (AvgIpc) is 3.05. The fourth-order valence-electron chi connectivity index (χ4n) is 3.61. The minimum absolute atomic E-state index is 0.0350. The van der Waals surface area contributed by atoms with Crippen LogP contribution in [0.5, 0.6) is 5.75 Å². The van der Waals surface area contributed by atoms with Gasteiger partial charge < -0.3 is 14.7 Å². The summed E-state index contributed by atoms with van der Waals surface area (Å²) in [4.78, 5) is 31.7. The zero-order chi connectivity index (χ0) is 21.1. The van der Waals surface area contributed by atoms with Gasteiger partial charge in [-0.1, -0.05) is 48.5 Å². The molecule has 0 saturated carbocycles. The Hall–Kier alpha value is -3.93. The van der Waals surface area contributed by atoms with Gasteiger partial charge in [-0.15, -0.1) is 0 Å². The summed E-state index contributed by atoms with van der Waals surface area (Å²) in [7, 11) is 1.57. The first-order chi connectivity index (χ1) is 14.6. The van der Waals surface area contributed by atoms with Crippen molar-refractivity contribution in [3.63, 3.8) is 0 Å². The maximum Gasteiger partial charge on any atom is 0.296 e. The SMILES string of the molecule is COc1cccc(CN2C(=O)C(=O)/C(=C(\O)c3ccccc3)C2c2ccccn2)c1. The number of hydrogen-bond donors (Lipinski definition) is 1. The van der Waals surface area contributed by atoms with Crippen molar-refractivity contribution in [1.82, 2.24) is 9.88 Å². The third-order valence-corrected chi connectivity index (χ3v) is 5.04. The summed E-state index contributed by atoms with van der Waals surface area (Å²) < 4.78 is 5.26. The minimum Gasteiger partial charge on any atom is -0.507 e. The van der Waals surface area contributed by atoms with Crippen LogP contribution in [-0.2, 0) is 16.1 Å². The molecule has 1 fully saturated rings. The number of benzene rings is 2. The fourth-order valence-corrected chi connectivity index (χ4v) is 3.61. The van der Waals surface area contributed by atoms with E-state index in [1.165, 1.54) is 4.90 Å². The fraction of sp³-hybridized carbons (Fsp3) is 0.125. The van der Waals surface area contributed by atoms with Crippen molar-refractivity contribution in [2.45, 2.75) is 12.6 Å². The first kappa shape index (κ1) is 19.4. The maximum absolute atomic E-state index is 13.0. The number of carbonyl (C=O) groups is 2. The van der Waals surface area contributed by atoms with Crippen LogP contribution in [0.3, 0.4) is 0 Å². The van der Waals surface area contributed by atoms with Crippen molar-refractivity contribution in [3.05, 3.63) is 101 Å². The molecule has 3 aromatic rings. The van der Waals surface area contributed by atoms with Gasteiger partial charge in [-0.25, -0.2) is 0 Å². The summed E-state index contributed by atoms with van der Waals surface area (Å²) in [6.07, 6.45) is 1.60. The molecule has 6 nitrogen and oxygen atoms in total.